The van der Waals surface area contributed by atoms with Crippen molar-refractivity contribution >= 4 is 5.91 Å². The second-order valence-corrected chi connectivity index (χ2v) is 5.24. The van der Waals surface area contributed by atoms with Crippen LogP contribution in [-0.2, 0) is 0 Å². The number of rotatable bonds is 5. The third kappa shape index (κ3) is 2.55. The summed E-state index contributed by atoms with van der Waals surface area (Å²) in [4.78, 5) is 15.9. The Bertz CT molecular complexity index is 605. The van der Waals surface area contributed by atoms with Gasteiger partial charge < -0.3 is 10.4 Å². The molecule has 0 atom stereocenters. The highest BCUT2D eigenvalue weighted by Crippen LogP contribution is 2.44. The first-order valence-electron chi connectivity index (χ1n) is 6.57. The second kappa shape index (κ2) is 5.05. The number of aliphatic hydroxyl groups is 1. The number of aliphatic hydroxyl groups excluding tert-OH is 1. The van der Waals surface area contributed by atoms with Gasteiger partial charge in [0.05, 0.1) is 12.3 Å². The molecule has 3 rings (SSSR count). The van der Waals surface area contributed by atoms with Gasteiger partial charge in [-0.15, -0.1) is 0 Å². The van der Waals surface area contributed by atoms with Gasteiger partial charge in [0.1, 0.15) is 5.69 Å². The highest BCUT2D eigenvalue weighted by Gasteiger charge is 2.42. The van der Waals surface area contributed by atoms with Crippen molar-refractivity contribution in [1.29, 1.82) is 0 Å². The SMILES string of the molecule is O=C(NCC1(CO)CC1)c1cc(-c2ccncc2)n[nH]1. The molecule has 1 saturated carbocycles. The van der Waals surface area contributed by atoms with Crippen LogP contribution in [-0.4, -0.2) is 39.3 Å². The molecule has 2 aromatic rings. The van der Waals surface area contributed by atoms with Crippen LogP contribution in [0.5, 0.6) is 0 Å². The Balaban J connectivity index is 1.66. The Morgan fingerprint density at radius 2 is 2.15 bits per heavy atom. The number of pyridine rings is 1. The van der Waals surface area contributed by atoms with Crippen molar-refractivity contribution in [2.75, 3.05) is 13.2 Å². The molecule has 1 fully saturated rings. The number of nitrogens with zero attached hydrogens (tertiary/aromatic N) is 2. The fourth-order valence-electron chi connectivity index (χ4n) is 2.04. The number of hydrogen-bond acceptors (Lipinski definition) is 4. The smallest absolute Gasteiger partial charge is 0.269 e. The van der Waals surface area contributed by atoms with Crippen molar-refractivity contribution < 1.29 is 9.90 Å². The zero-order valence-electron chi connectivity index (χ0n) is 11.0. The third-order valence-corrected chi connectivity index (χ3v) is 3.72. The maximum Gasteiger partial charge on any atom is 0.269 e. The number of amides is 1. The van der Waals surface area contributed by atoms with E-state index in [2.05, 4.69) is 20.5 Å². The lowest BCUT2D eigenvalue weighted by atomic mass is 10.1. The average molecular weight is 272 g/mol. The van der Waals surface area contributed by atoms with Gasteiger partial charge in [-0.05, 0) is 31.0 Å². The molecular weight excluding hydrogens is 256 g/mol. The van der Waals surface area contributed by atoms with Crippen LogP contribution >= 0.6 is 0 Å². The standard InChI is InChI=1S/C14H16N4O2/c19-9-14(3-4-14)8-16-13(20)12-7-11(17-18-12)10-1-5-15-6-2-10/h1-2,5-7,19H,3-4,8-9H2,(H,16,20)(H,17,18). The normalized spacial score (nSPS) is 15.8. The van der Waals surface area contributed by atoms with E-state index < -0.39 is 0 Å². The zero-order chi connectivity index (χ0) is 14.0. The van der Waals surface area contributed by atoms with E-state index in [-0.39, 0.29) is 17.9 Å². The van der Waals surface area contributed by atoms with E-state index in [1.54, 1.807) is 18.5 Å². The average Bonchev–Trinajstić information content (AvgIpc) is 3.12. The summed E-state index contributed by atoms with van der Waals surface area (Å²) in [5.74, 6) is -0.197. The summed E-state index contributed by atoms with van der Waals surface area (Å²) in [6.45, 7) is 0.629. The van der Waals surface area contributed by atoms with Crippen LogP contribution < -0.4 is 5.32 Å². The van der Waals surface area contributed by atoms with Crippen molar-refractivity contribution in [1.82, 2.24) is 20.5 Å². The summed E-state index contributed by atoms with van der Waals surface area (Å²) in [7, 11) is 0. The van der Waals surface area contributed by atoms with Gasteiger partial charge in [-0.2, -0.15) is 5.10 Å². The molecular formula is C14H16N4O2. The molecule has 1 aliphatic carbocycles. The molecule has 0 radical (unpaired) electrons. The Kier molecular flexibility index (Phi) is 3.23. The van der Waals surface area contributed by atoms with Crippen molar-refractivity contribution in [3.05, 3.63) is 36.3 Å². The van der Waals surface area contributed by atoms with Crippen molar-refractivity contribution in [2.24, 2.45) is 5.41 Å². The Labute approximate surface area is 116 Å². The molecule has 2 heterocycles. The summed E-state index contributed by atoms with van der Waals surface area (Å²) in [6.07, 6.45) is 5.30. The number of aromatic amines is 1. The van der Waals surface area contributed by atoms with Gasteiger partial charge in [0, 0.05) is 29.9 Å². The minimum absolute atomic E-state index is 0.0936. The lowest BCUT2D eigenvalue weighted by Gasteiger charge is -2.11. The van der Waals surface area contributed by atoms with Gasteiger partial charge in [0.15, 0.2) is 0 Å². The van der Waals surface area contributed by atoms with E-state index in [1.807, 2.05) is 12.1 Å². The minimum atomic E-state index is -0.197. The first kappa shape index (κ1) is 12.8. The first-order valence-corrected chi connectivity index (χ1v) is 6.57. The van der Waals surface area contributed by atoms with Crippen LogP contribution in [0.1, 0.15) is 23.3 Å². The Hall–Kier alpha value is -2.21. The monoisotopic (exact) mass is 272 g/mol. The number of carbonyl (C=O) groups is 1. The van der Waals surface area contributed by atoms with E-state index in [9.17, 15) is 9.90 Å². The predicted octanol–water partition coefficient (Wildman–Crippen LogP) is 0.974. The number of aromatic nitrogens is 3. The largest absolute Gasteiger partial charge is 0.396 e. The molecule has 0 bridgehead atoms. The Morgan fingerprint density at radius 3 is 2.80 bits per heavy atom. The van der Waals surface area contributed by atoms with Crippen molar-refractivity contribution in [2.45, 2.75) is 12.8 Å². The molecule has 6 nitrogen and oxygen atoms in total. The van der Waals surface area contributed by atoms with Crippen LogP contribution in [0, 0.1) is 5.41 Å². The second-order valence-electron chi connectivity index (χ2n) is 5.24. The van der Waals surface area contributed by atoms with Crippen LogP contribution in [0.25, 0.3) is 11.3 Å². The van der Waals surface area contributed by atoms with Gasteiger partial charge in [0.25, 0.3) is 5.91 Å². The lowest BCUT2D eigenvalue weighted by Crippen LogP contribution is -2.32. The fraction of sp³-hybridized carbons (Fsp3) is 0.357. The van der Waals surface area contributed by atoms with E-state index in [0.29, 0.717) is 17.9 Å². The Morgan fingerprint density at radius 1 is 1.40 bits per heavy atom. The maximum atomic E-state index is 12.0. The highest BCUT2D eigenvalue weighted by atomic mass is 16.3. The third-order valence-electron chi connectivity index (χ3n) is 3.72. The van der Waals surface area contributed by atoms with E-state index in [0.717, 1.165) is 18.4 Å². The fourth-order valence-corrected chi connectivity index (χ4v) is 2.04. The van der Waals surface area contributed by atoms with Gasteiger partial charge >= 0.3 is 0 Å². The summed E-state index contributed by atoms with van der Waals surface area (Å²) < 4.78 is 0. The number of H-pyrrole nitrogens is 1. The summed E-state index contributed by atoms with van der Waals surface area (Å²) in [5, 5.41) is 18.9. The summed E-state index contributed by atoms with van der Waals surface area (Å²) in [5.41, 5.74) is 1.94. The van der Waals surface area contributed by atoms with Crippen molar-refractivity contribution in [3.8, 4) is 11.3 Å². The number of carbonyl (C=O) groups excluding carboxylic acids is 1. The van der Waals surface area contributed by atoms with Crippen LogP contribution in [0.4, 0.5) is 0 Å². The molecule has 104 valence electrons. The molecule has 2 aromatic heterocycles. The molecule has 0 aliphatic heterocycles. The lowest BCUT2D eigenvalue weighted by molar-refractivity contribution is 0.0930. The molecule has 20 heavy (non-hydrogen) atoms. The summed E-state index contributed by atoms with van der Waals surface area (Å²) >= 11 is 0. The van der Waals surface area contributed by atoms with E-state index in [4.69, 9.17) is 0 Å². The van der Waals surface area contributed by atoms with Crippen LogP contribution in [0.2, 0.25) is 0 Å². The molecule has 0 unspecified atom stereocenters. The van der Waals surface area contributed by atoms with Gasteiger partial charge in [-0.1, -0.05) is 0 Å². The van der Waals surface area contributed by atoms with Gasteiger partial charge in [-0.3, -0.25) is 14.9 Å². The van der Waals surface area contributed by atoms with Gasteiger partial charge in [0.2, 0.25) is 0 Å². The predicted molar refractivity (Wildman–Crippen MR) is 72.9 cm³/mol. The van der Waals surface area contributed by atoms with Gasteiger partial charge in [-0.25, -0.2) is 0 Å². The molecule has 1 aliphatic rings. The van der Waals surface area contributed by atoms with Crippen LogP contribution in [0.15, 0.2) is 30.6 Å². The molecule has 0 spiro atoms. The molecule has 0 saturated heterocycles. The molecule has 3 N–H and O–H groups in total. The molecule has 6 heteroatoms. The van der Waals surface area contributed by atoms with E-state index in [1.165, 1.54) is 0 Å². The highest BCUT2D eigenvalue weighted by molar-refractivity contribution is 5.93. The quantitative estimate of drug-likeness (QED) is 0.756. The minimum Gasteiger partial charge on any atom is -0.396 e. The topological polar surface area (TPSA) is 90.9 Å². The maximum absolute atomic E-state index is 12.0. The van der Waals surface area contributed by atoms with Crippen molar-refractivity contribution in [3.63, 3.8) is 0 Å². The molecule has 1 amide bonds. The number of nitrogens with one attached hydrogen (secondary N) is 2. The number of hydrogen-bond donors (Lipinski definition) is 3. The summed E-state index contributed by atoms with van der Waals surface area (Å²) in [6, 6.07) is 5.38. The van der Waals surface area contributed by atoms with Crippen LogP contribution in [0.3, 0.4) is 0 Å². The zero-order valence-corrected chi connectivity index (χ0v) is 11.0. The van der Waals surface area contributed by atoms with E-state index >= 15 is 0 Å². The first-order chi connectivity index (χ1) is 9.72. The molecule has 0 aromatic carbocycles.